The lowest BCUT2D eigenvalue weighted by Gasteiger charge is -2.31. The minimum atomic E-state index is 0.295. The van der Waals surface area contributed by atoms with Crippen molar-refractivity contribution < 1.29 is 4.79 Å². The zero-order valence-corrected chi connectivity index (χ0v) is 11.1. The Bertz CT molecular complexity index is 279. The fourth-order valence-electron chi connectivity index (χ4n) is 3.45. The van der Waals surface area contributed by atoms with Crippen LogP contribution in [0.1, 0.15) is 38.5 Å². The summed E-state index contributed by atoms with van der Waals surface area (Å²) in [4.78, 5) is 12.2. The number of rotatable bonds is 2. The molecule has 3 aliphatic rings. The summed E-state index contributed by atoms with van der Waals surface area (Å²) in [7, 11) is 0. The molecule has 17 heavy (non-hydrogen) atoms. The second-order valence-corrected chi connectivity index (χ2v) is 6.93. The van der Waals surface area contributed by atoms with Crippen molar-refractivity contribution in [3.05, 3.63) is 0 Å². The van der Waals surface area contributed by atoms with Gasteiger partial charge in [0.15, 0.2) is 0 Å². The van der Waals surface area contributed by atoms with Crippen LogP contribution in [0.3, 0.4) is 0 Å². The Morgan fingerprint density at radius 1 is 1.06 bits per heavy atom. The maximum atomic E-state index is 12.2. The number of carbonyl (C=O) groups is 1. The third-order valence-corrected chi connectivity index (χ3v) is 5.46. The second-order valence-electron chi connectivity index (χ2n) is 5.70. The molecule has 3 fully saturated rings. The molecule has 3 rings (SSSR count). The van der Waals surface area contributed by atoms with E-state index in [1.54, 1.807) is 0 Å². The summed E-state index contributed by atoms with van der Waals surface area (Å²) in [5, 5.41) is 6.92. The van der Waals surface area contributed by atoms with Gasteiger partial charge in [-0.3, -0.25) is 4.79 Å². The van der Waals surface area contributed by atoms with Gasteiger partial charge in [-0.2, -0.15) is 11.8 Å². The van der Waals surface area contributed by atoms with Crippen molar-refractivity contribution >= 4 is 17.7 Å². The molecule has 3 aliphatic heterocycles. The summed E-state index contributed by atoms with van der Waals surface area (Å²) in [6.45, 7) is 0. The topological polar surface area (TPSA) is 41.1 Å². The summed E-state index contributed by atoms with van der Waals surface area (Å²) in [5.41, 5.74) is 0. The first kappa shape index (κ1) is 11.8. The molecule has 0 aromatic carbocycles. The first-order valence-corrected chi connectivity index (χ1v) is 8.11. The fourth-order valence-corrected chi connectivity index (χ4v) is 4.56. The van der Waals surface area contributed by atoms with Crippen molar-refractivity contribution in [3.63, 3.8) is 0 Å². The summed E-state index contributed by atoms with van der Waals surface area (Å²) in [6, 6.07) is 1.78. The molecule has 3 saturated heterocycles. The molecule has 2 N–H and O–H groups in total. The van der Waals surface area contributed by atoms with Crippen molar-refractivity contribution in [2.24, 2.45) is 5.92 Å². The number of piperidine rings is 1. The summed E-state index contributed by atoms with van der Waals surface area (Å²) in [5.74, 6) is 2.95. The van der Waals surface area contributed by atoms with Gasteiger partial charge in [-0.25, -0.2) is 0 Å². The first-order valence-electron chi connectivity index (χ1n) is 6.95. The van der Waals surface area contributed by atoms with Gasteiger partial charge >= 0.3 is 0 Å². The molecule has 0 aliphatic carbocycles. The van der Waals surface area contributed by atoms with Gasteiger partial charge in [0.05, 0.1) is 0 Å². The lowest BCUT2D eigenvalue weighted by atomic mass is 9.97. The van der Waals surface area contributed by atoms with Gasteiger partial charge in [-0.15, -0.1) is 0 Å². The number of amides is 1. The van der Waals surface area contributed by atoms with Crippen LogP contribution in [0, 0.1) is 5.92 Å². The predicted octanol–water partition coefficient (Wildman–Crippen LogP) is 1.53. The molecule has 3 heterocycles. The van der Waals surface area contributed by atoms with Gasteiger partial charge in [0.25, 0.3) is 0 Å². The smallest absolute Gasteiger partial charge is 0.223 e. The molecule has 3 nitrogen and oxygen atoms in total. The normalized spacial score (nSPS) is 38.0. The zero-order valence-electron chi connectivity index (χ0n) is 10.3. The van der Waals surface area contributed by atoms with Crippen molar-refractivity contribution in [3.8, 4) is 0 Å². The highest BCUT2D eigenvalue weighted by Crippen LogP contribution is 2.28. The Morgan fingerprint density at radius 2 is 1.71 bits per heavy atom. The molecule has 4 heteroatoms. The Kier molecular flexibility index (Phi) is 3.61. The highest BCUT2D eigenvalue weighted by molar-refractivity contribution is 7.99. The molecule has 0 saturated carbocycles. The lowest BCUT2D eigenvalue weighted by Crippen LogP contribution is -2.49. The van der Waals surface area contributed by atoms with Crippen molar-refractivity contribution in [1.82, 2.24) is 10.6 Å². The summed E-state index contributed by atoms with van der Waals surface area (Å²) in [6.07, 6.45) is 7.05. The highest BCUT2D eigenvalue weighted by Gasteiger charge is 2.34. The number of thioether (sulfide) groups is 1. The van der Waals surface area contributed by atoms with Crippen molar-refractivity contribution in [2.45, 2.75) is 56.7 Å². The molecule has 96 valence electrons. The van der Waals surface area contributed by atoms with E-state index in [4.69, 9.17) is 0 Å². The number of hydrogen-bond acceptors (Lipinski definition) is 3. The molecule has 0 spiro atoms. The van der Waals surface area contributed by atoms with Crippen LogP contribution in [-0.2, 0) is 4.79 Å². The largest absolute Gasteiger partial charge is 0.353 e. The number of nitrogens with one attached hydrogen (secondary N) is 2. The van der Waals surface area contributed by atoms with Gasteiger partial charge in [0.1, 0.15) is 0 Å². The number of fused-ring (bicyclic) bond motifs is 2. The van der Waals surface area contributed by atoms with Gasteiger partial charge in [-0.05, 0) is 50.0 Å². The first-order chi connectivity index (χ1) is 8.31. The summed E-state index contributed by atoms with van der Waals surface area (Å²) < 4.78 is 0. The minimum Gasteiger partial charge on any atom is -0.353 e. The molecule has 0 aromatic rings. The van der Waals surface area contributed by atoms with E-state index in [2.05, 4.69) is 10.6 Å². The van der Waals surface area contributed by atoms with Crippen molar-refractivity contribution in [1.29, 1.82) is 0 Å². The van der Waals surface area contributed by atoms with Crippen LogP contribution < -0.4 is 10.6 Å². The number of carbonyl (C=O) groups excluding carboxylic acids is 1. The van der Waals surface area contributed by atoms with Gasteiger partial charge in [0.2, 0.25) is 5.91 Å². The molecule has 2 unspecified atom stereocenters. The van der Waals surface area contributed by atoms with Gasteiger partial charge < -0.3 is 10.6 Å². The Hall–Kier alpha value is -0.220. The van der Waals surface area contributed by atoms with E-state index in [1.807, 2.05) is 11.8 Å². The van der Waals surface area contributed by atoms with Crippen LogP contribution in [0.4, 0.5) is 0 Å². The fraction of sp³-hybridized carbons (Fsp3) is 0.923. The molecule has 0 aromatic heterocycles. The average Bonchev–Trinajstić information content (AvgIpc) is 2.70. The molecule has 1 amide bonds. The molecule has 2 atom stereocenters. The van der Waals surface area contributed by atoms with Crippen molar-refractivity contribution in [2.75, 3.05) is 11.5 Å². The lowest BCUT2D eigenvalue weighted by molar-refractivity contribution is -0.126. The van der Waals surface area contributed by atoms with E-state index in [9.17, 15) is 4.79 Å². The maximum absolute atomic E-state index is 12.2. The maximum Gasteiger partial charge on any atom is 0.223 e. The highest BCUT2D eigenvalue weighted by atomic mass is 32.2. The molecular weight excluding hydrogens is 232 g/mol. The van der Waals surface area contributed by atoms with E-state index in [1.165, 1.54) is 12.8 Å². The van der Waals surface area contributed by atoms with E-state index < -0.39 is 0 Å². The van der Waals surface area contributed by atoms with E-state index >= 15 is 0 Å². The third kappa shape index (κ3) is 2.79. The van der Waals surface area contributed by atoms with Crippen LogP contribution in [0.25, 0.3) is 0 Å². The molecule has 2 bridgehead atoms. The van der Waals surface area contributed by atoms with Gasteiger partial charge in [0, 0.05) is 24.0 Å². The summed E-state index contributed by atoms with van der Waals surface area (Å²) >= 11 is 1.98. The standard InChI is InChI=1S/C13H22N2OS/c16-13(9-3-5-17-6-4-9)15-12-7-10-1-2-11(8-12)14-10/h9-12,14H,1-8H2,(H,15,16). The molecule has 0 radical (unpaired) electrons. The third-order valence-electron chi connectivity index (χ3n) is 4.41. The average molecular weight is 254 g/mol. The van der Waals surface area contributed by atoms with E-state index in [0.29, 0.717) is 30.0 Å². The Labute approximate surface area is 107 Å². The number of hydrogen-bond donors (Lipinski definition) is 2. The van der Waals surface area contributed by atoms with Crippen LogP contribution in [0.5, 0.6) is 0 Å². The van der Waals surface area contributed by atoms with Crippen LogP contribution in [-0.4, -0.2) is 35.5 Å². The predicted molar refractivity (Wildman–Crippen MR) is 71.2 cm³/mol. The minimum absolute atomic E-state index is 0.295. The Morgan fingerprint density at radius 3 is 2.35 bits per heavy atom. The molecular formula is C13H22N2OS. The van der Waals surface area contributed by atoms with Crippen LogP contribution >= 0.6 is 11.8 Å². The SMILES string of the molecule is O=C(NC1CC2CCC(C1)N2)C1CCSCC1. The monoisotopic (exact) mass is 254 g/mol. The quantitative estimate of drug-likeness (QED) is 0.785. The van der Waals surface area contributed by atoms with Gasteiger partial charge in [-0.1, -0.05) is 0 Å². The van der Waals surface area contributed by atoms with E-state index in [-0.39, 0.29) is 0 Å². The van der Waals surface area contributed by atoms with E-state index in [0.717, 1.165) is 37.2 Å². The van der Waals surface area contributed by atoms with Crippen LogP contribution in [0.15, 0.2) is 0 Å². The zero-order chi connectivity index (χ0) is 11.7. The second kappa shape index (κ2) is 5.19. The Balaban J connectivity index is 1.50. The van der Waals surface area contributed by atoms with Crippen LogP contribution in [0.2, 0.25) is 0 Å².